The number of thioether (sulfide) groups is 1. The first-order valence-corrected chi connectivity index (χ1v) is 11.1. The molecule has 0 bridgehead atoms. The molecule has 3 rings (SSSR count). The molecule has 2 aromatic rings. The highest BCUT2D eigenvalue weighted by atomic mass is 35.5. The summed E-state index contributed by atoms with van der Waals surface area (Å²) in [7, 11) is -3.83. The topological polar surface area (TPSA) is 37.4 Å². The van der Waals surface area contributed by atoms with E-state index in [1.807, 2.05) is 0 Å². The van der Waals surface area contributed by atoms with Crippen LogP contribution in [0, 0.1) is 11.6 Å². The molecule has 0 spiro atoms. The smallest absolute Gasteiger partial charge is 0.207 e. The summed E-state index contributed by atoms with van der Waals surface area (Å²) in [4.78, 5) is -0.0490. The van der Waals surface area contributed by atoms with Crippen LogP contribution >= 0.6 is 35.0 Å². The molecule has 1 aliphatic rings. The molecule has 26 heavy (non-hydrogen) atoms. The van der Waals surface area contributed by atoms with Crippen molar-refractivity contribution in [2.75, 3.05) is 18.8 Å². The Morgan fingerprint density at radius 1 is 1.08 bits per heavy atom. The maximum atomic E-state index is 14.0. The van der Waals surface area contributed by atoms with Crippen LogP contribution in [0.5, 0.6) is 0 Å². The molecule has 0 saturated carbocycles. The summed E-state index contributed by atoms with van der Waals surface area (Å²) in [5.74, 6) is -0.544. The summed E-state index contributed by atoms with van der Waals surface area (Å²) in [5.41, 5.74) is 0.259. The van der Waals surface area contributed by atoms with Crippen LogP contribution in [-0.4, -0.2) is 31.6 Å². The molecule has 9 heteroatoms. The van der Waals surface area contributed by atoms with Crippen molar-refractivity contribution in [1.82, 2.24) is 4.31 Å². The van der Waals surface area contributed by atoms with Crippen molar-refractivity contribution in [1.29, 1.82) is 0 Å². The monoisotopic (exact) mass is 437 g/mol. The van der Waals surface area contributed by atoms with E-state index in [0.29, 0.717) is 12.2 Å². The minimum atomic E-state index is -3.83. The van der Waals surface area contributed by atoms with Crippen molar-refractivity contribution in [2.45, 2.75) is 16.6 Å². The molecule has 1 saturated heterocycles. The van der Waals surface area contributed by atoms with Crippen LogP contribution in [0.3, 0.4) is 0 Å². The fourth-order valence-electron chi connectivity index (χ4n) is 2.81. The zero-order valence-electron chi connectivity index (χ0n) is 13.5. The van der Waals surface area contributed by atoms with Crippen LogP contribution in [-0.2, 0) is 10.0 Å². The Kier molecular flexibility index (Phi) is 6.14. The minimum absolute atomic E-state index is 0.0490. The van der Waals surface area contributed by atoms with E-state index in [4.69, 9.17) is 23.2 Å². The van der Waals surface area contributed by atoms with Crippen LogP contribution in [0.2, 0.25) is 10.0 Å². The molecule has 0 amide bonds. The van der Waals surface area contributed by atoms with Gasteiger partial charge in [-0.15, -0.1) is 0 Å². The molecule has 0 radical (unpaired) electrons. The maximum Gasteiger partial charge on any atom is 0.244 e. The van der Waals surface area contributed by atoms with Gasteiger partial charge in [0.05, 0.1) is 5.02 Å². The highest BCUT2D eigenvalue weighted by Crippen LogP contribution is 2.38. The molecule has 0 N–H and O–H groups in total. The van der Waals surface area contributed by atoms with Crippen molar-refractivity contribution < 1.29 is 17.2 Å². The highest BCUT2D eigenvalue weighted by Gasteiger charge is 2.31. The zero-order valence-corrected chi connectivity index (χ0v) is 16.6. The largest absolute Gasteiger partial charge is 0.244 e. The number of hydrogen-bond donors (Lipinski definition) is 0. The van der Waals surface area contributed by atoms with Crippen molar-refractivity contribution in [3.05, 3.63) is 63.6 Å². The third-order valence-electron chi connectivity index (χ3n) is 4.12. The first-order chi connectivity index (χ1) is 12.3. The molecular formula is C17H15Cl2F2NO2S2. The van der Waals surface area contributed by atoms with E-state index >= 15 is 0 Å². The maximum absolute atomic E-state index is 14.0. The van der Waals surface area contributed by atoms with E-state index in [9.17, 15) is 17.2 Å². The second-order valence-corrected chi connectivity index (χ2v) is 9.85. The van der Waals surface area contributed by atoms with E-state index in [-0.39, 0.29) is 38.8 Å². The number of halogens is 4. The quantitative estimate of drug-likeness (QED) is 0.666. The van der Waals surface area contributed by atoms with Gasteiger partial charge in [-0.05, 0) is 42.8 Å². The molecule has 3 nitrogen and oxygen atoms in total. The number of benzene rings is 2. The van der Waals surface area contributed by atoms with Crippen LogP contribution < -0.4 is 0 Å². The molecule has 140 valence electrons. The van der Waals surface area contributed by atoms with Crippen molar-refractivity contribution >= 4 is 45.0 Å². The SMILES string of the molecule is O=S(=O)(c1cc(Cl)ccc1Cl)N1CCSC(c2cc(F)ccc2F)CC1. The third kappa shape index (κ3) is 4.17. The Bertz CT molecular complexity index is 925. The lowest BCUT2D eigenvalue weighted by Gasteiger charge is -2.21. The first kappa shape index (κ1) is 19.9. The van der Waals surface area contributed by atoms with Crippen molar-refractivity contribution in [3.63, 3.8) is 0 Å². The second kappa shape index (κ2) is 8.02. The van der Waals surface area contributed by atoms with Gasteiger partial charge in [-0.2, -0.15) is 16.1 Å². The number of sulfonamides is 1. The van der Waals surface area contributed by atoms with E-state index in [1.165, 1.54) is 40.3 Å². The summed E-state index contributed by atoms with van der Waals surface area (Å²) in [5, 5.41) is 0.0524. The lowest BCUT2D eigenvalue weighted by atomic mass is 10.1. The lowest BCUT2D eigenvalue weighted by molar-refractivity contribution is 0.426. The van der Waals surface area contributed by atoms with Gasteiger partial charge in [0.15, 0.2) is 0 Å². The molecular weight excluding hydrogens is 423 g/mol. The minimum Gasteiger partial charge on any atom is -0.207 e. The first-order valence-electron chi connectivity index (χ1n) is 7.81. The van der Waals surface area contributed by atoms with Crippen LogP contribution in [0.25, 0.3) is 0 Å². The Hall–Kier alpha value is -0.860. The summed E-state index contributed by atoms with van der Waals surface area (Å²) >= 11 is 13.4. The standard InChI is InChI=1S/C17H15Cl2F2NO2S2/c18-11-1-3-14(19)17(9-11)26(23,24)22-6-5-16(25-8-7-22)13-10-12(20)2-4-15(13)21/h1-4,9-10,16H,5-8H2. The van der Waals surface area contributed by atoms with Crippen LogP contribution in [0.4, 0.5) is 8.78 Å². The molecule has 0 aliphatic carbocycles. The molecule has 1 fully saturated rings. The number of rotatable bonds is 3. The normalized spacial score (nSPS) is 19.3. The summed E-state index contributed by atoms with van der Waals surface area (Å²) in [6.07, 6.45) is 0.364. The average molecular weight is 438 g/mol. The van der Waals surface area contributed by atoms with Gasteiger partial charge in [-0.1, -0.05) is 23.2 Å². The second-order valence-electron chi connectivity index (χ2n) is 5.79. The van der Waals surface area contributed by atoms with Gasteiger partial charge >= 0.3 is 0 Å². The summed E-state index contributed by atoms with van der Waals surface area (Å²) < 4.78 is 54.6. The van der Waals surface area contributed by atoms with E-state index in [1.54, 1.807) is 0 Å². The van der Waals surface area contributed by atoms with Crippen LogP contribution in [0.15, 0.2) is 41.3 Å². The predicted octanol–water partition coefficient (Wildman–Crippen LogP) is 5.14. The lowest BCUT2D eigenvalue weighted by Crippen LogP contribution is -2.33. The number of nitrogens with zero attached hydrogens (tertiary/aromatic N) is 1. The van der Waals surface area contributed by atoms with Gasteiger partial charge in [-0.25, -0.2) is 17.2 Å². The molecule has 2 aromatic carbocycles. The van der Waals surface area contributed by atoms with Gasteiger partial charge in [-0.3, -0.25) is 0 Å². The molecule has 1 heterocycles. The Balaban J connectivity index is 1.84. The van der Waals surface area contributed by atoms with Gasteiger partial charge in [0.1, 0.15) is 16.5 Å². The van der Waals surface area contributed by atoms with Gasteiger partial charge in [0, 0.05) is 34.7 Å². The van der Waals surface area contributed by atoms with E-state index < -0.39 is 21.7 Å². The molecule has 0 aromatic heterocycles. The third-order valence-corrected chi connectivity index (χ3v) is 8.04. The fraction of sp³-hybridized carbons (Fsp3) is 0.294. The van der Waals surface area contributed by atoms with E-state index in [2.05, 4.69) is 0 Å². The molecule has 1 atom stereocenters. The Morgan fingerprint density at radius 2 is 1.85 bits per heavy atom. The zero-order chi connectivity index (χ0) is 18.9. The molecule has 1 unspecified atom stereocenters. The average Bonchev–Trinajstić information content (AvgIpc) is 2.85. The molecule has 1 aliphatic heterocycles. The number of hydrogen-bond acceptors (Lipinski definition) is 3. The Morgan fingerprint density at radius 3 is 2.62 bits per heavy atom. The van der Waals surface area contributed by atoms with Crippen LogP contribution in [0.1, 0.15) is 17.2 Å². The van der Waals surface area contributed by atoms with Gasteiger partial charge < -0.3 is 0 Å². The van der Waals surface area contributed by atoms with Crippen molar-refractivity contribution in [2.24, 2.45) is 0 Å². The summed E-state index contributed by atoms with van der Waals surface area (Å²) in [6, 6.07) is 7.61. The fourth-order valence-corrected chi connectivity index (χ4v) is 6.37. The van der Waals surface area contributed by atoms with Crippen molar-refractivity contribution in [3.8, 4) is 0 Å². The van der Waals surface area contributed by atoms with Gasteiger partial charge in [0.2, 0.25) is 10.0 Å². The van der Waals surface area contributed by atoms with Gasteiger partial charge in [0.25, 0.3) is 0 Å². The summed E-state index contributed by atoms with van der Waals surface area (Å²) in [6.45, 7) is 0.433. The highest BCUT2D eigenvalue weighted by molar-refractivity contribution is 7.99. The van der Waals surface area contributed by atoms with E-state index in [0.717, 1.165) is 12.1 Å². The Labute approximate surface area is 165 Å². The predicted molar refractivity (Wildman–Crippen MR) is 101 cm³/mol.